The molecule has 9 nitrogen and oxygen atoms in total. The van der Waals surface area contributed by atoms with E-state index in [1.165, 1.54) is 6.92 Å². The Kier molecular flexibility index (Phi) is 3.73. The molecule has 4 N–H and O–H groups in total. The fourth-order valence-corrected chi connectivity index (χ4v) is 2.17. The van der Waals surface area contributed by atoms with Gasteiger partial charge in [-0.3, -0.25) is 10.1 Å². The van der Waals surface area contributed by atoms with Crippen LogP contribution < -0.4 is 11.1 Å². The molecule has 1 aliphatic heterocycles. The summed E-state index contributed by atoms with van der Waals surface area (Å²) in [5.74, 6) is -0.0502. The van der Waals surface area contributed by atoms with Crippen molar-refractivity contribution in [1.29, 1.82) is 0 Å². The topological polar surface area (TPSA) is 136 Å². The van der Waals surface area contributed by atoms with Crippen molar-refractivity contribution < 1.29 is 14.8 Å². The predicted molar refractivity (Wildman–Crippen MR) is 71.3 cm³/mol. The van der Waals surface area contributed by atoms with Gasteiger partial charge >= 0.3 is 5.69 Å². The minimum absolute atomic E-state index is 0.00697. The fourth-order valence-electron chi connectivity index (χ4n) is 2.17. The third kappa shape index (κ3) is 2.63. The highest BCUT2D eigenvalue weighted by Crippen LogP contribution is 2.29. The number of nitrogens with one attached hydrogen (secondary N) is 1. The van der Waals surface area contributed by atoms with Gasteiger partial charge in [0, 0.05) is 19.6 Å². The summed E-state index contributed by atoms with van der Waals surface area (Å²) in [6.07, 6.45) is 0.100. The van der Waals surface area contributed by atoms with Crippen LogP contribution in [0.5, 0.6) is 0 Å². The van der Waals surface area contributed by atoms with E-state index in [2.05, 4.69) is 15.3 Å². The Bertz CT molecular complexity index is 538. The molecule has 1 saturated heterocycles. The van der Waals surface area contributed by atoms with E-state index in [0.29, 0.717) is 13.0 Å². The molecule has 1 aliphatic rings. The maximum atomic E-state index is 11.1. The van der Waals surface area contributed by atoms with Crippen molar-refractivity contribution in [3.05, 3.63) is 15.8 Å². The summed E-state index contributed by atoms with van der Waals surface area (Å²) < 4.78 is 5.30. The summed E-state index contributed by atoms with van der Waals surface area (Å²) in [6, 6.07) is 0. The molecule has 0 aliphatic carbocycles. The molecule has 2 unspecified atom stereocenters. The number of aryl methyl sites for hydroxylation is 1. The molecule has 0 saturated carbocycles. The van der Waals surface area contributed by atoms with Gasteiger partial charge < -0.3 is 20.9 Å². The molecule has 0 radical (unpaired) electrons. The molecule has 0 spiro atoms. The van der Waals surface area contributed by atoms with Gasteiger partial charge in [-0.2, -0.15) is 4.98 Å². The minimum atomic E-state index is -1.08. The quantitative estimate of drug-likeness (QED) is 0.527. The lowest BCUT2D eigenvalue weighted by atomic mass is 9.97. The summed E-state index contributed by atoms with van der Waals surface area (Å²) >= 11 is 0. The normalized spacial score (nSPS) is 25.6. The van der Waals surface area contributed by atoms with Crippen LogP contribution in [0.25, 0.3) is 0 Å². The number of aromatic nitrogens is 2. The van der Waals surface area contributed by atoms with E-state index in [1.807, 2.05) is 0 Å². The summed E-state index contributed by atoms with van der Waals surface area (Å²) in [5, 5.41) is 24.2. The third-order valence-corrected chi connectivity index (χ3v) is 3.48. The van der Waals surface area contributed by atoms with E-state index in [4.69, 9.17) is 10.5 Å². The van der Waals surface area contributed by atoms with E-state index >= 15 is 0 Å². The van der Waals surface area contributed by atoms with Crippen LogP contribution in [0.4, 0.5) is 17.5 Å². The van der Waals surface area contributed by atoms with Crippen molar-refractivity contribution in [2.45, 2.75) is 32.0 Å². The van der Waals surface area contributed by atoms with Crippen molar-refractivity contribution in [2.75, 3.05) is 24.2 Å². The number of hydrogen-bond donors (Lipinski definition) is 3. The van der Waals surface area contributed by atoms with E-state index < -0.39 is 10.5 Å². The van der Waals surface area contributed by atoms with E-state index in [0.717, 1.165) is 0 Å². The van der Waals surface area contributed by atoms with E-state index in [9.17, 15) is 15.2 Å². The maximum absolute atomic E-state index is 11.1. The Labute approximate surface area is 115 Å². The van der Waals surface area contributed by atoms with Gasteiger partial charge in [0.15, 0.2) is 0 Å². The lowest BCUT2D eigenvalue weighted by Gasteiger charge is -2.26. The zero-order chi connectivity index (χ0) is 14.9. The Morgan fingerprint density at radius 2 is 2.35 bits per heavy atom. The zero-order valence-corrected chi connectivity index (χ0v) is 11.3. The summed E-state index contributed by atoms with van der Waals surface area (Å²) in [7, 11) is 0. The van der Waals surface area contributed by atoms with Gasteiger partial charge in [-0.15, -0.1) is 0 Å². The summed E-state index contributed by atoms with van der Waals surface area (Å²) in [4.78, 5) is 18.1. The molecule has 2 heterocycles. The predicted octanol–water partition coefficient (Wildman–Crippen LogP) is 0.227. The fraction of sp³-hybridized carbons (Fsp3) is 0.636. The Morgan fingerprint density at radius 3 is 2.90 bits per heavy atom. The van der Waals surface area contributed by atoms with Crippen LogP contribution in [-0.2, 0) is 4.74 Å². The second-order valence-electron chi connectivity index (χ2n) is 4.84. The number of hydrogen-bond acceptors (Lipinski definition) is 8. The van der Waals surface area contributed by atoms with Gasteiger partial charge in [-0.25, -0.2) is 4.98 Å². The number of nitrogens with zero attached hydrogens (tertiary/aromatic N) is 3. The molecule has 2 rings (SSSR count). The van der Waals surface area contributed by atoms with Gasteiger partial charge in [0.1, 0.15) is 11.3 Å². The number of nitrogens with two attached hydrogens (primary N) is 1. The van der Waals surface area contributed by atoms with Gasteiger partial charge in [0.2, 0.25) is 11.8 Å². The van der Waals surface area contributed by atoms with Crippen LogP contribution in [0.3, 0.4) is 0 Å². The number of rotatable bonds is 4. The third-order valence-electron chi connectivity index (χ3n) is 3.48. The Morgan fingerprint density at radius 1 is 1.65 bits per heavy atom. The first-order valence-corrected chi connectivity index (χ1v) is 6.20. The van der Waals surface area contributed by atoms with Crippen LogP contribution in [0, 0.1) is 17.0 Å². The van der Waals surface area contributed by atoms with Gasteiger partial charge in [0.05, 0.1) is 11.0 Å². The monoisotopic (exact) mass is 283 g/mol. The molecule has 20 heavy (non-hydrogen) atoms. The maximum Gasteiger partial charge on any atom is 0.332 e. The highest BCUT2D eigenvalue weighted by molar-refractivity contribution is 5.60. The minimum Gasteiger partial charge on any atom is -0.385 e. The molecular weight excluding hydrogens is 266 g/mol. The first-order chi connectivity index (χ1) is 9.33. The van der Waals surface area contributed by atoms with Crippen molar-refractivity contribution >= 4 is 17.5 Å². The number of ether oxygens (including phenoxy) is 1. The summed E-state index contributed by atoms with van der Waals surface area (Å²) in [6.45, 7) is 3.78. The van der Waals surface area contributed by atoms with Gasteiger partial charge in [-0.1, -0.05) is 0 Å². The average molecular weight is 283 g/mol. The van der Waals surface area contributed by atoms with Crippen LogP contribution in [0.15, 0.2) is 0 Å². The number of aliphatic hydroxyl groups is 1. The molecule has 1 aromatic heterocycles. The second kappa shape index (κ2) is 5.17. The van der Waals surface area contributed by atoms with Crippen molar-refractivity contribution in [3.8, 4) is 0 Å². The summed E-state index contributed by atoms with van der Waals surface area (Å²) in [5.41, 5.74) is 4.35. The van der Waals surface area contributed by atoms with Crippen molar-refractivity contribution in [1.82, 2.24) is 9.97 Å². The highest BCUT2D eigenvalue weighted by atomic mass is 16.6. The zero-order valence-electron chi connectivity index (χ0n) is 11.3. The number of anilines is 2. The van der Waals surface area contributed by atoms with Crippen LogP contribution >= 0.6 is 0 Å². The standard InChI is InChI=1S/C11H17N5O4/c1-6-8(16(18)19)9(15-10(12)14-6)13-5-11(17)3-4-20-7(11)2/h7,17H,3-5H2,1-2H3,(H3,12,13,14,15). The van der Waals surface area contributed by atoms with Crippen LogP contribution in [0.2, 0.25) is 0 Å². The molecular formula is C11H17N5O4. The molecule has 1 fully saturated rings. The lowest BCUT2D eigenvalue weighted by molar-refractivity contribution is -0.385. The SMILES string of the molecule is Cc1nc(N)nc(NCC2(O)CCOC2C)c1[N+](=O)[O-]. The number of nitro groups is 1. The number of nitrogen functional groups attached to an aromatic ring is 1. The van der Waals surface area contributed by atoms with Crippen LogP contribution in [-0.4, -0.2) is 44.9 Å². The second-order valence-corrected chi connectivity index (χ2v) is 4.84. The lowest BCUT2D eigenvalue weighted by Crippen LogP contribution is -2.43. The molecule has 0 bridgehead atoms. The van der Waals surface area contributed by atoms with Crippen molar-refractivity contribution in [3.63, 3.8) is 0 Å². The first-order valence-electron chi connectivity index (χ1n) is 6.20. The smallest absolute Gasteiger partial charge is 0.332 e. The first kappa shape index (κ1) is 14.4. The molecule has 1 aromatic rings. The van der Waals surface area contributed by atoms with Crippen LogP contribution in [0.1, 0.15) is 19.0 Å². The van der Waals surface area contributed by atoms with Gasteiger partial charge in [0.25, 0.3) is 0 Å². The van der Waals surface area contributed by atoms with Crippen molar-refractivity contribution in [2.24, 2.45) is 0 Å². The largest absolute Gasteiger partial charge is 0.385 e. The van der Waals surface area contributed by atoms with E-state index in [-0.39, 0.29) is 35.8 Å². The molecule has 110 valence electrons. The average Bonchev–Trinajstić information content (AvgIpc) is 2.66. The Hall–Kier alpha value is -2.00. The van der Waals surface area contributed by atoms with E-state index in [1.54, 1.807) is 6.92 Å². The highest BCUT2D eigenvalue weighted by Gasteiger charge is 2.40. The van der Waals surface area contributed by atoms with Gasteiger partial charge in [-0.05, 0) is 13.8 Å². The molecule has 0 aromatic carbocycles. The molecule has 0 amide bonds. The molecule has 9 heteroatoms. The molecule has 2 atom stereocenters. The Balaban J connectivity index is 2.23.